The Kier molecular flexibility index (Phi) is 6.08. The van der Waals surface area contributed by atoms with Crippen molar-refractivity contribution >= 4 is 17.2 Å². The minimum absolute atomic E-state index is 0.329. The molecule has 23 heavy (non-hydrogen) atoms. The molecule has 1 aromatic heterocycles. The molecular weight excluding hydrogens is 306 g/mol. The van der Waals surface area contributed by atoms with Crippen LogP contribution >= 0.6 is 11.3 Å². The Hall–Kier alpha value is -0.910. The van der Waals surface area contributed by atoms with Gasteiger partial charge in [-0.05, 0) is 43.2 Å². The zero-order chi connectivity index (χ0) is 16.1. The lowest BCUT2D eigenvalue weighted by Gasteiger charge is -2.35. The van der Waals surface area contributed by atoms with Gasteiger partial charge in [0.15, 0.2) is 0 Å². The van der Waals surface area contributed by atoms with Crippen molar-refractivity contribution in [2.45, 2.75) is 32.7 Å². The maximum absolute atomic E-state index is 12.6. The highest BCUT2D eigenvalue weighted by molar-refractivity contribution is 7.09. The lowest BCUT2D eigenvalue weighted by molar-refractivity contribution is -0.134. The van der Waals surface area contributed by atoms with E-state index in [1.54, 1.807) is 0 Å². The SMILES string of the molecule is CCCN(CC(=O)N1CCN(Cc2cccs2)CC1)CC1CC1. The molecule has 0 bridgehead atoms. The van der Waals surface area contributed by atoms with Crippen LogP contribution < -0.4 is 0 Å². The van der Waals surface area contributed by atoms with E-state index in [-0.39, 0.29) is 0 Å². The summed E-state index contributed by atoms with van der Waals surface area (Å²) in [5.74, 6) is 1.19. The molecule has 0 atom stereocenters. The summed E-state index contributed by atoms with van der Waals surface area (Å²) in [6, 6.07) is 4.31. The molecule has 2 aliphatic rings. The number of rotatable bonds is 8. The first kappa shape index (κ1) is 16.9. The van der Waals surface area contributed by atoms with Crippen molar-refractivity contribution in [3.8, 4) is 0 Å². The molecule has 1 saturated carbocycles. The van der Waals surface area contributed by atoms with Crippen LogP contribution in [0.3, 0.4) is 0 Å². The second kappa shape index (κ2) is 8.27. The number of hydrogen-bond acceptors (Lipinski definition) is 4. The van der Waals surface area contributed by atoms with E-state index >= 15 is 0 Å². The topological polar surface area (TPSA) is 26.8 Å². The summed E-state index contributed by atoms with van der Waals surface area (Å²) in [4.78, 5) is 20.9. The van der Waals surface area contributed by atoms with Gasteiger partial charge >= 0.3 is 0 Å². The number of nitrogens with zero attached hydrogens (tertiary/aromatic N) is 3. The van der Waals surface area contributed by atoms with Gasteiger partial charge in [-0.15, -0.1) is 11.3 Å². The minimum atomic E-state index is 0.329. The fraction of sp³-hybridized carbons (Fsp3) is 0.722. The second-order valence-corrected chi connectivity index (χ2v) is 7.95. The molecule has 0 aromatic carbocycles. The van der Waals surface area contributed by atoms with Crippen LogP contribution in [0.2, 0.25) is 0 Å². The second-order valence-electron chi connectivity index (χ2n) is 6.91. The van der Waals surface area contributed by atoms with Crippen molar-refractivity contribution in [2.24, 2.45) is 5.92 Å². The van der Waals surface area contributed by atoms with Crippen LogP contribution in [-0.4, -0.2) is 66.4 Å². The summed E-state index contributed by atoms with van der Waals surface area (Å²) >= 11 is 1.82. The molecule has 1 aromatic rings. The third-order valence-electron chi connectivity index (χ3n) is 4.80. The van der Waals surface area contributed by atoms with Crippen LogP contribution in [0.5, 0.6) is 0 Å². The van der Waals surface area contributed by atoms with Crippen molar-refractivity contribution < 1.29 is 4.79 Å². The van der Waals surface area contributed by atoms with E-state index in [1.165, 1.54) is 17.7 Å². The average Bonchev–Trinajstić information content (AvgIpc) is 3.21. The number of amides is 1. The highest BCUT2D eigenvalue weighted by atomic mass is 32.1. The quantitative estimate of drug-likeness (QED) is 0.730. The fourth-order valence-electron chi connectivity index (χ4n) is 3.29. The van der Waals surface area contributed by atoms with E-state index in [0.717, 1.165) is 58.2 Å². The molecular formula is C18H29N3OS. The molecule has 1 aliphatic carbocycles. The molecule has 2 heterocycles. The Balaban J connectivity index is 1.41. The Morgan fingerprint density at radius 3 is 2.70 bits per heavy atom. The van der Waals surface area contributed by atoms with Gasteiger partial charge in [0.05, 0.1) is 6.54 Å². The molecule has 1 amide bonds. The first-order valence-corrected chi connectivity index (χ1v) is 9.87. The molecule has 0 spiro atoms. The normalized spacial score (nSPS) is 19.5. The van der Waals surface area contributed by atoms with Crippen molar-refractivity contribution in [3.05, 3.63) is 22.4 Å². The highest BCUT2D eigenvalue weighted by Crippen LogP contribution is 2.29. The van der Waals surface area contributed by atoms with E-state index in [9.17, 15) is 4.79 Å². The summed E-state index contributed by atoms with van der Waals surface area (Å²) in [6.45, 7) is 9.80. The van der Waals surface area contributed by atoms with E-state index in [2.05, 4.69) is 39.1 Å². The predicted molar refractivity (Wildman–Crippen MR) is 95.6 cm³/mol. The van der Waals surface area contributed by atoms with Crippen molar-refractivity contribution in [1.82, 2.24) is 14.7 Å². The van der Waals surface area contributed by atoms with Crippen LogP contribution in [0.15, 0.2) is 17.5 Å². The Morgan fingerprint density at radius 1 is 1.30 bits per heavy atom. The minimum Gasteiger partial charge on any atom is -0.339 e. The maximum atomic E-state index is 12.6. The zero-order valence-electron chi connectivity index (χ0n) is 14.2. The molecule has 0 N–H and O–H groups in total. The molecule has 0 radical (unpaired) electrons. The van der Waals surface area contributed by atoms with Gasteiger partial charge in [0.2, 0.25) is 5.91 Å². The smallest absolute Gasteiger partial charge is 0.236 e. The summed E-state index contributed by atoms with van der Waals surface area (Å²) in [5.41, 5.74) is 0. The van der Waals surface area contributed by atoms with Gasteiger partial charge in [-0.2, -0.15) is 0 Å². The van der Waals surface area contributed by atoms with Crippen LogP contribution in [-0.2, 0) is 11.3 Å². The first-order chi connectivity index (χ1) is 11.2. The lowest BCUT2D eigenvalue weighted by atomic mass is 10.2. The molecule has 3 rings (SSSR count). The Bertz CT molecular complexity index is 478. The molecule has 4 nitrogen and oxygen atoms in total. The van der Waals surface area contributed by atoms with Gasteiger partial charge < -0.3 is 4.90 Å². The van der Waals surface area contributed by atoms with Gasteiger partial charge in [-0.1, -0.05) is 13.0 Å². The summed E-state index contributed by atoms with van der Waals surface area (Å²) in [6.07, 6.45) is 3.85. The third kappa shape index (κ3) is 5.30. The largest absolute Gasteiger partial charge is 0.339 e. The standard InChI is InChI=1S/C18H29N3OS/c1-2-7-20(13-16-5-6-16)15-18(22)21-10-8-19(9-11-21)14-17-4-3-12-23-17/h3-4,12,16H,2,5-11,13-15H2,1H3. The Labute approximate surface area is 144 Å². The van der Waals surface area contributed by atoms with Gasteiger partial charge in [0, 0.05) is 44.1 Å². The zero-order valence-corrected chi connectivity index (χ0v) is 15.1. The molecule has 1 aliphatic heterocycles. The van der Waals surface area contributed by atoms with Crippen LogP contribution in [0.25, 0.3) is 0 Å². The van der Waals surface area contributed by atoms with Gasteiger partial charge in [-0.25, -0.2) is 0 Å². The van der Waals surface area contributed by atoms with Crippen molar-refractivity contribution in [2.75, 3.05) is 45.8 Å². The van der Waals surface area contributed by atoms with Gasteiger partial charge in [0.25, 0.3) is 0 Å². The van der Waals surface area contributed by atoms with Crippen LogP contribution in [0.1, 0.15) is 31.1 Å². The highest BCUT2D eigenvalue weighted by Gasteiger charge is 2.27. The average molecular weight is 336 g/mol. The van der Waals surface area contributed by atoms with E-state index < -0.39 is 0 Å². The van der Waals surface area contributed by atoms with E-state index in [1.807, 2.05) is 11.3 Å². The van der Waals surface area contributed by atoms with Crippen LogP contribution in [0, 0.1) is 5.92 Å². The summed E-state index contributed by atoms with van der Waals surface area (Å²) in [5, 5.41) is 2.14. The number of hydrogen-bond donors (Lipinski definition) is 0. The number of thiophene rings is 1. The lowest BCUT2D eigenvalue weighted by Crippen LogP contribution is -2.51. The fourth-order valence-corrected chi connectivity index (χ4v) is 4.03. The van der Waals surface area contributed by atoms with E-state index in [0.29, 0.717) is 12.5 Å². The first-order valence-electron chi connectivity index (χ1n) is 8.99. The van der Waals surface area contributed by atoms with Crippen LogP contribution in [0.4, 0.5) is 0 Å². The predicted octanol–water partition coefficient (Wildman–Crippen LogP) is 2.51. The number of carbonyl (C=O) groups excluding carboxylic acids is 1. The van der Waals surface area contributed by atoms with Gasteiger partial charge in [-0.3, -0.25) is 14.6 Å². The van der Waals surface area contributed by atoms with Gasteiger partial charge in [0.1, 0.15) is 0 Å². The summed E-state index contributed by atoms with van der Waals surface area (Å²) < 4.78 is 0. The number of carbonyl (C=O) groups is 1. The molecule has 1 saturated heterocycles. The Morgan fingerprint density at radius 2 is 2.09 bits per heavy atom. The molecule has 128 valence electrons. The maximum Gasteiger partial charge on any atom is 0.236 e. The number of piperazine rings is 1. The molecule has 5 heteroatoms. The third-order valence-corrected chi connectivity index (χ3v) is 5.66. The summed E-state index contributed by atoms with van der Waals surface area (Å²) in [7, 11) is 0. The van der Waals surface area contributed by atoms with Crippen molar-refractivity contribution in [3.63, 3.8) is 0 Å². The molecule has 0 unspecified atom stereocenters. The molecule has 2 fully saturated rings. The van der Waals surface area contributed by atoms with Crippen molar-refractivity contribution in [1.29, 1.82) is 0 Å². The monoisotopic (exact) mass is 335 g/mol. The van der Waals surface area contributed by atoms with E-state index in [4.69, 9.17) is 0 Å².